The third kappa shape index (κ3) is 3.10. The molecule has 3 N–H and O–H groups in total. The summed E-state index contributed by atoms with van der Waals surface area (Å²) < 4.78 is 7.12. The van der Waals surface area contributed by atoms with E-state index in [9.17, 15) is 4.79 Å². The van der Waals surface area contributed by atoms with Gasteiger partial charge in [0.15, 0.2) is 0 Å². The quantitative estimate of drug-likeness (QED) is 0.799. The van der Waals surface area contributed by atoms with Crippen molar-refractivity contribution in [2.45, 2.75) is 32.4 Å². The van der Waals surface area contributed by atoms with Gasteiger partial charge >= 0.3 is 0 Å². The first-order chi connectivity index (χ1) is 9.67. The fourth-order valence-corrected chi connectivity index (χ4v) is 2.47. The number of aromatic nitrogens is 2. The lowest BCUT2D eigenvalue weighted by atomic mass is 10.1. The summed E-state index contributed by atoms with van der Waals surface area (Å²) in [5.41, 5.74) is 6.73. The molecule has 0 unspecified atom stereocenters. The molecule has 1 aromatic heterocycles. The number of hydrogen-bond acceptors (Lipinski definition) is 5. The van der Waals surface area contributed by atoms with Gasteiger partial charge in [0.2, 0.25) is 0 Å². The van der Waals surface area contributed by atoms with Crippen LogP contribution in [0.5, 0.6) is 0 Å². The van der Waals surface area contributed by atoms with Crippen LogP contribution in [0.4, 0.5) is 5.69 Å². The van der Waals surface area contributed by atoms with E-state index in [0.717, 1.165) is 12.8 Å². The number of ether oxygens (including phenoxy) is 1. The SMILES string of the molecule is CCn1ncc(N)c1C(=O)N1CCC(OCCO)CC1. The zero-order valence-corrected chi connectivity index (χ0v) is 11.8. The molecule has 2 rings (SSSR count). The maximum Gasteiger partial charge on any atom is 0.274 e. The second kappa shape index (κ2) is 6.71. The van der Waals surface area contributed by atoms with Crippen molar-refractivity contribution < 1.29 is 14.6 Å². The number of aliphatic hydroxyl groups excluding tert-OH is 1. The number of piperidine rings is 1. The Labute approximate surface area is 118 Å². The average molecular weight is 282 g/mol. The summed E-state index contributed by atoms with van der Waals surface area (Å²) in [6, 6.07) is 0. The molecule has 1 aliphatic rings. The Hall–Kier alpha value is -1.60. The molecule has 0 aromatic carbocycles. The van der Waals surface area contributed by atoms with Gasteiger partial charge in [0.25, 0.3) is 5.91 Å². The number of anilines is 1. The first-order valence-corrected chi connectivity index (χ1v) is 7.00. The van der Waals surface area contributed by atoms with Crippen molar-refractivity contribution in [3.8, 4) is 0 Å². The van der Waals surface area contributed by atoms with Crippen LogP contribution in [0.1, 0.15) is 30.3 Å². The summed E-state index contributed by atoms with van der Waals surface area (Å²) in [4.78, 5) is 14.3. The first kappa shape index (κ1) is 14.8. The molecule has 0 atom stereocenters. The topological polar surface area (TPSA) is 93.6 Å². The molecule has 7 nitrogen and oxygen atoms in total. The van der Waals surface area contributed by atoms with E-state index < -0.39 is 0 Å². The number of aliphatic hydroxyl groups is 1. The van der Waals surface area contributed by atoms with Gasteiger partial charge in [-0.05, 0) is 19.8 Å². The van der Waals surface area contributed by atoms with E-state index in [0.29, 0.717) is 37.6 Å². The van der Waals surface area contributed by atoms with Crippen LogP contribution >= 0.6 is 0 Å². The summed E-state index contributed by atoms with van der Waals surface area (Å²) in [6.45, 7) is 4.22. The van der Waals surface area contributed by atoms with Crippen molar-refractivity contribution in [1.29, 1.82) is 0 Å². The van der Waals surface area contributed by atoms with E-state index >= 15 is 0 Å². The molecule has 20 heavy (non-hydrogen) atoms. The molecule has 1 aliphatic heterocycles. The predicted octanol–water partition coefficient (Wildman–Crippen LogP) is 0.0987. The smallest absolute Gasteiger partial charge is 0.274 e. The zero-order chi connectivity index (χ0) is 14.5. The fourth-order valence-electron chi connectivity index (χ4n) is 2.47. The van der Waals surface area contributed by atoms with Crippen molar-refractivity contribution in [1.82, 2.24) is 14.7 Å². The highest BCUT2D eigenvalue weighted by atomic mass is 16.5. The number of likely N-dealkylation sites (tertiary alicyclic amines) is 1. The average Bonchev–Trinajstić information content (AvgIpc) is 2.86. The van der Waals surface area contributed by atoms with Crippen LogP contribution in [0, 0.1) is 0 Å². The third-order valence-electron chi connectivity index (χ3n) is 3.54. The number of hydrogen-bond donors (Lipinski definition) is 2. The number of carbonyl (C=O) groups is 1. The van der Waals surface area contributed by atoms with Crippen LogP contribution in [0.2, 0.25) is 0 Å². The highest BCUT2D eigenvalue weighted by molar-refractivity contribution is 5.97. The Kier molecular flexibility index (Phi) is 4.97. The second-order valence-corrected chi connectivity index (χ2v) is 4.85. The maximum atomic E-state index is 12.5. The number of nitrogens with zero attached hydrogens (tertiary/aromatic N) is 3. The number of nitrogen functional groups attached to an aromatic ring is 1. The van der Waals surface area contributed by atoms with E-state index in [1.165, 1.54) is 6.20 Å². The van der Waals surface area contributed by atoms with Gasteiger partial charge in [0.1, 0.15) is 5.69 Å². The number of carbonyl (C=O) groups excluding carboxylic acids is 1. The first-order valence-electron chi connectivity index (χ1n) is 7.00. The lowest BCUT2D eigenvalue weighted by Gasteiger charge is -2.32. The molecule has 2 heterocycles. The molecular weight excluding hydrogens is 260 g/mol. The van der Waals surface area contributed by atoms with Crippen molar-refractivity contribution in [2.75, 3.05) is 32.0 Å². The monoisotopic (exact) mass is 282 g/mol. The number of aryl methyl sites for hydroxylation is 1. The van der Waals surface area contributed by atoms with Crippen molar-refractivity contribution in [3.05, 3.63) is 11.9 Å². The van der Waals surface area contributed by atoms with E-state index in [1.807, 2.05) is 6.92 Å². The third-order valence-corrected chi connectivity index (χ3v) is 3.54. The number of amides is 1. The van der Waals surface area contributed by atoms with E-state index in [4.69, 9.17) is 15.6 Å². The van der Waals surface area contributed by atoms with Crippen LogP contribution in [-0.4, -0.2) is 58.1 Å². The number of nitrogens with two attached hydrogens (primary N) is 1. The lowest BCUT2D eigenvalue weighted by molar-refractivity contribution is -0.00573. The normalized spacial score (nSPS) is 16.6. The van der Waals surface area contributed by atoms with Crippen LogP contribution in [0.3, 0.4) is 0 Å². The van der Waals surface area contributed by atoms with Crippen molar-refractivity contribution in [3.63, 3.8) is 0 Å². The van der Waals surface area contributed by atoms with Crippen LogP contribution in [0.25, 0.3) is 0 Å². The predicted molar refractivity (Wildman–Crippen MR) is 74.3 cm³/mol. The zero-order valence-electron chi connectivity index (χ0n) is 11.8. The molecule has 7 heteroatoms. The standard InChI is InChI=1S/C13H22N4O3/c1-2-17-12(11(14)9-15-17)13(19)16-5-3-10(4-6-16)20-8-7-18/h9-10,18H,2-8,14H2,1H3. The molecule has 1 amide bonds. The van der Waals surface area contributed by atoms with E-state index in [2.05, 4.69) is 5.10 Å². The van der Waals surface area contributed by atoms with Crippen LogP contribution in [-0.2, 0) is 11.3 Å². The maximum absolute atomic E-state index is 12.5. The molecule has 0 bridgehead atoms. The van der Waals surface area contributed by atoms with E-state index in [1.54, 1.807) is 9.58 Å². The highest BCUT2D eigenvalue weighted by Crippen LogP contribution is 2.19. The fraction of sp³-hybridized carbons (Fsp3) is 0.692. The molecule has 0 aliphatic carbocycles. The number of rotatable bonds is 5. The Morgan fingerprint density at radius 2 is 2.25 bits per heavy atom. The van der Waals surface area contributed by atoms with Crippen LogP contribution in [0.15, 0.2) is 6.20 Å². The van der Waals surface area contributed by atoms with Crippen molar-refractivity contribution >= 4 is 11.6 Å². The minimum atomic E-state index is -0.0672. The Bertz CT molecular complexity index is 452. The summed E-state index contributed by atoms with van der Waals surface area (Å²) >= 11 is 0. The van der Waals surface area contributed by atoms with Gasteiger partial charge in [-0.1, -0.05) is 0 Å². The van der Waals surface area contributed by atoms with Gasteiger partial charge in [0.05, 0.1) is 31.2 Å². The van der Waals surface area contributed by atoms with Gasteiger partial charge in [-0.2, -0.15) is 5.10 Å². The largest absolute Gasteiger partial charge is 0.396 e. The van der Waals surface area contributed by atoms with Gasteiger partial charge in [-0.25, -0.2) is 0 Å². The molecule has 0 saturated carbocycles. The molecule has 1 aromatic rings. The van der Waals surface area contributed by atoms with Gasteiger partial charge in [0, 0.05) is 19.6 Å². The molecule has 0 radical (unpaired) electrons. The Morgan fingerprint density at radius 3 is 2.85 bits per heavy atom. The van der Waals surface area contributed by atoms with Gasteiger partial charge < -0.3 is 20.5 Å². The van der Waals surface area contributed by atoms with Crippen LogP contribution < -0.4 is 5.73 Å². The summed E-state index contributed by atoms with van der Waals surface area (Å²) in [6.07, 6.45) is 3.21. The minimum Gasteiger partial charge on any atom is -0.396 e. The van der Waals surface area contributed by atoms with Gasteiger partial charge in [-0.15, -0.1) is 0 Å². The molecule has 112 valence electrons. The van der Waals surface area contributed by atoms with Crippen molar-refractivity contribution in [2.24, 2.45) is 0 Å². The summed E-state index contributed by atoms with van der Waals surface area (Å²) in [7, 11) is 0. The summed E-state index contributed by atoms with van der Waals surface area (Å²) in [5.74, 6) is -0.0672. The lowest BCUT2D eigenvalue weighted by Crippen LogP contribution is -2.42. The Morgan fingerprint density at radius 1 is 1.55 bits per heavy atom. The minimum absolute atomic E-state index is 0.0331. The molecule has 1 fully saturated rings. The molecule has 0 spiro atoms. The second-order valence-electron chi connectivity index (χ2n) is 4.85. The molecular formula is C13H22N4O3. The molecule has 1 saturated heterocycles. The van der Waals surface area contributed by atoms with E-state index in [-0.39, 0.29) is 18.6 Å². The Balaban J connectivity index is 1.96. The van der Waals surface area contributed by atoms with Gasteiger partial charge in [-0.3, -0.25) is 9.48 Å². The highest BCUT2D eigenvalue weighted by Gasteiger charge is 2.27. The summed E-state index contributed by atoms with van der Waals surface area (Å²) in [5, 5.41) is 12.8.